The molecule has 2 aliphatic rings. The first kappa shape index (κ1) is 15.2. The van der Waals surface area contributed by atoms with Crippen LogP contribution < -0.4 is 0 Å². The lowest BCUT2D eigenvalue weighted by Gasteiger charge is -2.33. The van der Waals surface area contributed by atoms with Gasteiger partial charge in [0.25, 0.3) is 0 Å². The van der Waals surface area contributed by atoms with Crippen molar-refractivity contribution in [1.82, 2.24) is 9.80 Å². The quantitative estimate of drug-likeness (QED) is 0.914. The largest absolute Gasteiger partial charge is 0.390 e. The third-order valence-corrected chi connectivity index (χ3v) is 4.61. The Labute approximate surface area is 129 Å². The smallest absolute Gasteiger partial charge is 0.124 e. The van der Waals surface area contributed by atoms with E-state index in [4.69, 9.17) is 16.3 Å². The lowest BCUT2D eigenvalue weighted by atomic mass is 10.1. The van der Waals surface area contributed by atoms with Gasteiger partial charge in [-0.15, -0.1) is 0 Å². The van der Waals surface area contributed by atoms with Crippen LogP contribution in [-0.2, 0) is 11.3 Å². The Hall–Kier alpha value is -0.720. The maximum Gasteiger partial charge on any atom is 0.124 e. The minimum Gasteiger partial charge on any atom is -0.390 e. The number of aliphatic hydroxyl groups is 1. The number of morpholine rings is 1. The van der Waals surface area contributed by atoms with Crippen molar-refractivity contribution in [2.24, 2.45) is 0 Å². The summed E-state index contributed by atoms with van der Waals surface area (Å²) in [5.74, 6) is -0.323. The van der Waals surface area contributed by atoms with Crippen LogP contribution in [0.5, 0.6) is 0 Å². The predicted molar refractivity (Wildman–Crippen MR) is 78.9 cm³/mol. The SMILES string of the molecule is O[C@H]1CN(Cc2ccc(F)cc2Cl)C[C@@H]1N1CCOCC1. The van der Waals surface area contributed by atoms with Gasteiger partial charge in [-0.25, -0.2) is 4.39 Å². The van der Waals surface area contributed by atoms with E-state index in [1.54, 1.807) is 6.07 Å². The fourth-order valence-electron chi connectivity index (χ4n) is 3.13. The molecule has 0 saturated carbocycles. The van der Waals surface area contributed by atoms with Crippen LogP contribution in [0.2, 0.25) is 5.02 Å². The van der Waals surface area contributed by atoms with Crippen LogP contribution in [0.15, 0.2) is 18.2 Å². The Morgan fingerprint density at radius 2 is 2.05 bits per heavy atom. The summed E-state index contributed by atoms with van der Waals surface area (Å²) < 4.78 is 18.4. The highest BCUT2D eigenvalue weighted by Crippen LogP contribution is 2.23. The van der Waals surface area contributed by atoms with E-state index in [2.05, 4.69) is 9.80 Å². The van der Waals surface area contributed by atoms with Gasteiger partial charge in [-0.2, -0.15) is 0 Å². The number of rotatable bonds is 3. The third kappa shape index (κ3) is 3.55. The number of aliphatic hydroxyl groups excluding tert-OH is 1. The average molecular weight is 315 g/mol. The Bertz CT molecular complexity index is 497. The van der Waals surface area contributed by atoms with Crippen molar-refractivity contribution in [3.8, 4) is 0 Å². The fraction of sp³-hybridized carbons (Fsp3) is 0.600. The van der Waals surface area contributed by atoms with Crippen molar-refractivity contribution >= 4 is 11.6 Å². The van der Waals surface area contributed by atoms with Gasteiger partial charge >= 0.3 is 0 Å². The summed E-state index contributed by atoms with van der Waals surface area (Å²) in [5, 5.41) is 10.7. The van der Waals surface area contributed by atoms with Gasteiger partial charge in [0.2, 0.25) is 0 Å². The molecule has 3 rings (SSSR count). The molecular formula is C15H20ClFN2O2. The Kier molecular flexibility index (Phi) is 4.76. The average Bonchev–Trinajstić information content (AvgIpc) is 2.84. The van der Waals surface area contributed by atoms with Gasteiger partial charge in [-0.05, 0) is 17.7 Å². The Balaban J connectivity index is 1.62. The molecule has 0 radical (unpaired) electrons. The van der Waals surface area contributed by atoms with E-state index < -0.39 is 0 Å². The number of halogens is 2. The normalized spacial score (nSPS) is 28.1. The third-order valence-electron chi connectivity index (χ3n) is 4.26. The zero-order chi connectivity index (χ0) is 14.8. The molecule has 2 aliphatic heterocycles. The first-order chi connectivity index (χ1) is 10.1. The lowest BCUT2D eigenvalue weighted by molar-refractivity contribution is -0.00618. The second kappa shape index (κ2) is 6.58. The molecule has 0 spiro atoms. The van der Waals surface area contributed by atoms with Crippen LogP contribution >= 0.6 is 11.6 Å². The molecule has 1 aromatic carbocycles. The molecule has 2 atom stereocenters. The molecule has 1 N–H and O–H groups in total. The number of benzene rings is 1. The first-order valence-electron chi connectivity index (χ1n) is 7.29. The van der Waals surface area contributed by atoms with Crippen molar-refractivity contribution < 1.29 is 14.2 Å². The summed E-state index contributed by atoms with van der Waals surface area (Å²) >= 11 is 6.07. The highest BCUT2D eigenvalue weighted by molar-refractivity contribution is 6.31. The second-order valence-corrected chi connectivity index (χ2v) is 6.12. The van der Waals surface area contributed by atoms with E-state index >= 15 is 0 Å². The number of hydrogen-bond acceptors (Lipinski definition) is 4. The molecule has 0 aromatic heterocycles. The topological polar surface area (TPSA) is 35.9 Å². The lowest BCUT2D eigenvalue weighted by Crippen LogP contribution is -2.48. The van der Waals surface area contributed by atoms with Crippen molar-refractivity contribution in [1.29, 1.82) is 0 Å². The second-order valence-electron chi connectivity index (χ2n) is 5.71. The van der Waals surface area contributed by atoms with Crippen molar-refractivity contribution in [2.75, 3.05) is 39.4 Å². The molecule has 116 valence electrons. The van der Waals surface area contributed by atoms with Crippen LogP contribution in [0.4, 0.5) is 4.39 Å². The molecule has 2 fully saturated rings. The highest BCUT2D eigenvalue weighted by Gasteiger charge is 2.36. The molecule has 4 nitrogen and oxygen atoms in total. The molecule has 0 aliphatic carbocycles. The molecule has 0 unspecified atom stereocenters. The summed E-state index contributed by atoms with van der Waals surface area (Å²) in [5.41, 5.74) is 0.896. The number of hydrogen-bond donors (Lipinski definition) is 1. The van der Waals surface area contributed by atoms with E-state index in [1.807, 2.05) is 0 Å². The summed E-state index contributed by atoms with van der Waals surface area (Å²) in [4.78, 5) is 4.46. The van der Waals surface area contributed by atoms with Gasteiger partial charge < -0.3 is 9.84 Å². The molecule has 2 saturated heterocycles. The highest BCUT2D eigenvalue weighted by atomic mass is 35.5. The Morgan fingerprint density at radius 3 is 2.76 bits per heavy atom. The van der Waals surface area contributed by atoms with Crippen LogP contribution in [0.3, 0.4) is 0 Å². The zero-order valence-electron chi connectivity index (χ0n) is 11.8. The first-order valence-corrected chi connectivity index (χ1v) is 7.67. The summed E-state index contributed by atoms with van der Waals surface area (Å²) in [6.45, 7) is 5.25. The molecule has 6 heteroatoms. The molecule has 0 amide bonds. The van der Waals surface area contributed by atoms with Crippen molar-refractivity contribution in [3.05, 3.63) is 34.6 Å². The van der Waals surface area contributed by atoms with E-state index in [-0.39, 0.29) is 18.0 Å². The minimum absolute atomic E-state index is 0.146. The zero-order valence-corrected chi connectivity index (χ0v) is 12.6. The maximum atomic E-state index is 13.1. The minimum atomic E-state index is -0.359. The summed E-state index contributed by atoms with van der Waals surface area (Å²) in [6, 6.07) is 4.62. The van der Waals surface area contributed by atoms with Gasteiger partial charge in [0.15, 0.2) is 0 Å². The Morgan fingerprint density at radius 1 is 1.29 bits per heavy atom. The summed E-state index contributed by atoms with van der Waals surface area (Å²) in [6.07, 6.45) is -0.359. The standard InChI is InChI=1S/C15H20ClFN2O2/c16-13-7-12(17)2-1-11(13)8-18-9-14(15(20)10-18)19-3-5-21-6-4-19/h1-2,7,14-15,20H,3-6,8-10H2/t14-,15-/m0/s1. The van der Waals surface area contributed by atoms with Crippen molar-refractivity contribution in [3.63, 3.8) is 0 Å². The van der Waals surface area contributed by atoms with Crippen LogP contribution in [0.1, 0.15) is 5.56 Å². The fourth-order valence-corrected chi connectivity index (χ4v) is 3.36. The predicted octanol–water partition coefficient (Wildman–Crippen LogP) is 1.36. The van der Waals surface area contributed by atoms with Crippen molar-refractivity contribution in [2.45, 2.75) is 18.7 Å². The van der Waals surface area contributed by atoms with Crippen LogP contribution in [0.25, 0.3) is 0 Å². The molecular weight excluding hydrogens is 295 g/mol. The molecule has 21 heavy (non-hydrogen) atoms. The molecule has 2 heterocycles. The summed E-state index contributed by atoms with van der Waals surface area (Å²) in [7, 11) is 0. The van der Waals surface area contributed by atoms with E-state index in [9.17, 15) is 9.50 Å². The monoisotopic (exact) mass is 314 g/mol. The number of likely N-dealkylation sites (tertiary alicyclic amines) is 1. The molecule has 0 bridgehead atoms. The van der Waals surface area contributed by atoms with Gasteiger partial charge in [0, 0.05) is 43.8 Å². The van der Waals surface area contributed by atoms with Gasteiger partial charge in [-0.3, -0.25) is 9.80 Å². The van der Waals surface area contributed by atoms with Crippen LogP contribution in [0, 0.1) is 5.82 Å². The number of ether oxygens (including phenoxy) is 1. The molecule has 1 aromatic rings. The van der Waals surface area contributed by atoms with E-state index in [1.165, 1.54) is 12.1 Å². The van der Waals surface area contributed by atoms with Gasteiger partial charge in [0.1, 0.15) is 5.82 Å². The van der Waals surface area contributed by atoms with Crippen LogP contribution in [-0.4, -0.2) is 66.4 Å². The van der Waals surface area contributed by atoms with E-state index in [0.717, 1.165) is 38.4 Å². The van der Waals surface area contributed by atoms with Gasteiger partial charge in [0.05, 0.1) is 19.3 Å². The van der Waals surface area contributed by atoms with E-state index in [0.29, 0.717) is 18.1 Å². The maximum absolute atomic E-state index is 13.1. The number of β-amino-alcohol motifs (C(OH)–C–C–N with tert-alkyl or cyclic N) is 1. The van der Waals surface area contributed by atoms with Gasteiger partial charge in [-0.1, -0.05) is 17.7 Å². The number of nitrogens with zero attached hydrogens (tertiary/aromatic N) is 2.